The van der Waals surface area contributed by atoms with E-state index in [0.717, 1.165) is 11.3 Å². The Morgan fingerprint density at radius 2 is 1.50 bits per heavy atom. The average molecular weight is 432 g/mol. The Morgan fingerprint density at radius 1 is 0.900 bits per heavy atom. The second kappa shape index (κ2) is 9.98. The molecule has 0 spiro atoms. The standard InChI is InChI=1S/C23H33N3O3S/c1-16(2)26(17(3)4)23(27)20-8-7-9-22(14-20)24-15-19-10-12-21(13-11-19)25-30(28,29)18(5)6/h7-14,16-18,24-25H,15H2,1-6H3. The van der Waals surface area contributed by atoms with Crippen molar-refractivity contribution in [2.45, 2.75) is 65.4 Å². The quantitative estimate of drug-likeness (QED) is 0.603. The molecular formula is C23H33N3O3S. The van der Waals surface area contributed by atoms with Gasteiger partial charge in [0.05, 0.1) is 5.25 Å². The van der Waals surface area contributed by atoms with Gasteiger partial charge >= 0.3 is 0 Å². The summed E-state index contributed by atoms with van der Waals surface area (Å²) in [6.07, 6.45) is 0. The van der Waals surface area contributed by atoms with Crippen LogP contribution in [0.15, 0.2) is 48.5 Å². The average Bonchev–Trinajstić information content (AvgIpc) is 2.66. The van der Waals surface area contributed by atoms with Crippen LogP contribution in [0.1, 0.15) is 57.5 Å². The molecule has 2 aromatic carbocycles. The molecule has 1 amide bonds. The first-order valence-corrected chi connectivity index (χ1v) is 11.8. The molecule has 30 heavy (non-hydrogen) atoms. The molecule has 6 nitrogen and oxygen atoms in total. The molecule has 0 saturated carbocycles. The van der Waals surface area contributed by atoms with E-state index in [1.54, 1.807) is 26.0 Å². The SMILES string of the molecule is CC(C)N(C(=O)c1cccc(NCc2ccc(NS(=O)(=O)C(C)C)cc2)c1)C(C)C. The number of hydrogen-bond donors (Lipinski definition) is 2. The first kappa shape index (κ1) is 23.7. The zero-order chi connectivity index (χ0) is 22.5. The minimum Gasteiger partial charge on any atom is -0.381 e. The summed E-state index contributed by atoms with van der Waals surface area (Å²) < 4.78 is 26.5. The van der Waals surface area contributed by atoms with Gasteiger partial charge in [-0.25, -0.2) is 8.42 Å². The number of benzene rings is 2. The number of nitrogens with zero attached hydrogens (tertiary/aromatic N) is 1. The number of carbonyl (C=O) groups is 1. The molecule has 164 valence electrons. The van der Waals surface area contributed by atoms with Crippen molar-refractivity contribution in [2.75, 3.05) is 10.0 Å². The first-order chi connectivity index (χ1) is 14.0. The summed E-state index contributed by atoms with van der Waals surface area (Å²) in [4.78, 5) is 14.8. The third-order valence-electron chi connectivity index (χ3n) is 4.79. The fourth-order valence-corrected chi connectivity index (χ4v) is 3.85. The summed E-state index contributed by atoms with van der Waals surface area (Å²) >= 11 is 0. The van der Waals surface area contributed by atoms with Gasteiger partial charge in [-0.15, -0.1) is 0 Å². The molecule has 0 fully saturated rings. The van der Waals surface area contributed by atoms with Crippen molar-refractivity contribution in [3.63, 3.8) is 0 Å². The van der Waals surface area contributed by atoms with Crippen LogP contribution in [0.25, 0.3) is 0 Å². The largest absolute Gasteiger partial charge is 0.381 e. The number of carbonyl (C=O) groups excluding carboxylic acids is 1. The Kier molecular flexibility index (Phi) is 7.89. The van der Waals surface area contributed by atoms with Crippen molar-refractivity contribution in [1.82, 2.24) is 4.90 Å². The first-order valence-electron chi connectivity index (χ1n) is 10.3. The summed E-state index contributed by atoms with van der Waals surface area (Å²) in [6, 6.07) is 15.0. The molecule has 2 N–H and O–H groups in total. The number of amides is 1. The van der Waals surface area contributed by atoms with Crippen LogP contribution < -0.4 is 10.0 Å². The summed E-state index contributed by atoms with van der Waals surface area (Å²) in [7, 11) is -3.35. The van der Waals surface area contributed by atoms with Gasteiger partial charge in [0, 0.05) is 35.6 Å². The highest BCUT2D eigenvalue weighted by Crippen LogP contribution is 2.18. The van der Waals surface area contributed by atoms with Crippen LogP contribution in [-0.2, 0) is 16.6 Å². The van der Waals surface area contributed by atoms with Crippen molar-refractivity contribution >= 4 is 27.3 Å². The minimum absolute atomic E-state index is 0.0189. The van der Waals surface area contributed by atoms with Crippen LogP contribution >= 0.6 is 0 Å². The molecule has 0 radical (unpaired) electrons. The topological polar surface area (TPSA) is 78.5 Å². The van der Waals surface area contributed by atoms with Crippen LogP contribution in [0, 0.1) is 0 Å². The smallest absolute Gasteiger partial charge is 0.254 e. The zero-order valence-electron chi connectivity index (χ0n) is 18.6. The van der Waals surface area contributed by atoms with E-state index in [1.807, 2.05) is 69.0 Å². The summed E-state index contributed by atoms with van der Waals surface area (Å²) in [5, 5.41) is 2.84. The maximum atomic E-state index is 12.9. The molecule has 2 aromatic rings. The summed E-state index contributed by atoms with van der Waals surface area (Å²) in [5.41, 5.74) is 3.06. The van der Waals surface area contributed by atoms with E-state index in [2.05, 4.69) is 10.0 Å². The molecule has 0 aliphatic heterocycles. The molecule has 0 unspecified atom stereocenters. The van der Waals surface area contributed by atoms with E-state index in [4.69, 9.17) is 0 Å². The van der Waals surface area contributed by atoms with Gasteiger partial charge in [-0.2, -0.15) is 0 Å². The van der Waals surface area contributed by atoms with Crippen LogP contribution in [0.5, 0.6) is 0 Å². The number of sulfonamides is 1. The highest BCUT2D eigenvalue weighted by Gasteiger charge is 2.21. The lowest BCUT2D eigenvalue weighted by Gasteiger charge is -2.31. The van der Waals surface area contributed by atoms with Gasteiger partial charge in [0.1, 0.15) is 0 Å². The maximum Gasteiger partial charge on any atom is 0.254 e. The van der Waals surface area contributed by atoms with Gasteiger partial charge in [-0.05, 0) is 77.4 Å². The zero-order valence-corrected chi connectivity index (χ0v) is 19.5. The predicted octanol–water partition coefficient (Wildman–Crippen LogP) is 4.71. The van der Waals surface area contributed by atoms with Gasteiger partial charge in [-0.3, -0.25) is 9.52 Å². The van der Waals surface area contributed by atoms with Gasteiger partial charge < -0.3 is 10.2 Å². The Hall–Kier alpha value is -2.54. The van der Waals surface area contributed by atoms with E-state index in [-0.39, 0.29) is 18.0 Å². The monoisotopic (exact) mass is 431 g/mol. The van der Waals surface area contributed by atoms with Gasteiger partial charge in [0.15, 0.2) is 0 Å². The van der Waals surface area contributed by atoms with E-state index in [1.165, 1.54) is 0 Å². The predicted molar refractivity (Wildman–Crippen MR) is 124 cm³/mol. The van der Waals surface area contributed by atoms with E-state index >= 15 is 0 Å². The molecule has 0 aliphatic carbocycles. The second-order valence-electron chi connectivity index (χ2n) is 8.23. The van der Waals surface area contributed by atoms with Crippen LogP contribution in [-0.4, -0.2) is 36.6 Å². The molecule has 0 aromatic heterocycles. The number of anilines is 2. The minimum atomic E-state index is -3.35. The third-order valence-corrected chi connectivity index (χ3v) is 6.55. The summed E-state index contributed by atoms with van der Waals surface area (Å²) in [6.45, 7) is 11.9. The Labute approximate surface area is 180 Å². The number of nitrogens with one attached hydrogen (secondary N) is 2. The summed E-state index contributed by atoms with van der Waals surface area (Å²) in [5.74, 6) is 0.0189. The van der Waals surface area contributed by atoms with E-state index in [0.29, 0.717) is 17.8 Å². The molecule has 0 atom stereocenters. The highest BCUT2D eigenvalue weighted by atomic mass is 32.2. The second-order valence-corrected chi connectivity index (χ2v) is 10.5. The molecule has 0 bridgehead atoms. The van der Waals surface area contributed by atoms with Crippen LogP contribution in [0.4, 0.5) is 11.4 Å². The number of hydrogen-bond acceptors (Lipinski definition) is 4. The van der Waals surface area contributed by atoms with Crippen molar-refractivity contribution < 1.29 is 13.2 Å². The van der Waals surface area contributed by atoms with Crippen molar-refractivity contribution in [2.24, 2.45) is 0 Å². The lowest BCUT2D eigenvalue weighted by molar-refractivity contribution is 0.0644. The molecule has 7 heteroatoms. The molecule has 0 saturated heterocycles. The fraction of sp³-hybridized carbons (Fsp3) is 0.435. The Bertz CT molecular complexity index is 944. The maximum absolute atomic E-state index is 12.9. The molecular weight excluding hydrogens is 398 g/mol. The molecule has 0 heterocycles. The van der Waals surface area contributed by atoms with Gasteiger partial charge in [-0.1, -0.05) is 18.2 Å². The van der Waals surface area contributed by atoms with Crippen LogP contribution in [0.2, 0.25) is 0 Å². The number of rotatable bonds is 9. The van der Waals surface area contributed by atoms with Gasteiger partial charge in [0.25, 0.3) is 5.91 Å². The van der Waals surface area contributed by atoms with Crippen molar-refractivity contribution in [1.29, 1.82) is 0 Å². The lowest BCUT2D eigenvalue weighted by atomic mass is 10.1. The lowest BCUT2D eigenvalue weighted by Crippen LogP contribution is -2.42. The highest BCUT2D eigenvalue weighted by molar-refractivity contribution is 7.93. The fourth-order valence-electron chi connectivity index (χ4n) is 3.15. The van der Waals surface area contributed by atoms with Crippen molar-refractivity contribution in [3.8, 4) is 0 Å². The van der Waals surface area contributed by atoms with Crippen LogP contribution in [0.3, 0.4) is 0 Å². The van der Waals surface area contributed by atoms with Crippen molar-refractivity contribution in [3.05, 3.63) is 59.7 Å². The Balaban J connectivity index is 2.05. The molecule has 2 rings (SSSR count). The normalized spacial score (nSPS) is 11.8. The van der Waals surface area contributed by atoms with Gasteiger partial charge in [0.2, 0.25) is 10.0 Å². The third kappa shape index (κ3) is 6.23. The van der Waals surface area contributed by atoms with E-state index < -0.39 is 15.3 Å². The molecule has 0 aliphatic rings. The van der Waals surface area contributed by atoms with E-state index in [9.17, 15) is 13.2 Å². The Morgan fingerprint density at radius 3 is 2.03 bits per heavy atom.